The molecule has 2 aromatic rings. The molecule has 1 saturated heterocycles. The molecule has 0 spiro atoms. The molecule has 114 valence electrons. The number of rotatable bonds is 3. The zero-order chi connectivity index (χ0) is 15.0. The van der Waals surface area contributed by atoms with Crippen LogP contribution in [0.5, 0.6) is 0 Å². The van der Waals surface area contributed by atoms with Crippen molar-refractivity contribution in [1.82, 2.24) is 14.9 Å². The number of piperidine rings is 1. The molecule has 3 heterocycles. The Morgan fingerprint density at radius 1 is 1.43 bits per heavy atom. The number of aryl methyl sites for hydroxylation is 1. The van der Waals surface area contributed by atoms with Gasteiger partial charge in [0.2, 0.25) is 5.95 Å². The number of nitrogens with zero attached hydrogens (tertiary/aromatic N) is 3. The highest BCUT2D eigenvalue weighted by molar-refractivity contribution is 7.18. The molecule has 0 saturated carbocycles. The topological polar surface area (TPSA) is 79.1 Å². The SMILES string of the molecule is Cc1cc2c(NC3CCN(C)CC3C)nc(NN)nc2s1. The molecule has 4 N–H and O–H groups in total. The normalized spacial score (nSPS) is 23.4. The molecule has 21 heavy (non-hydrogen) atoms. The summed E-state index contributed by atoms with van der Waals surface area (Å²) in [6, 6.07) is 2.58. The van der Waals surface area contributed by atoms with E-state index in [1.165, 1.54) is 4.88 Å². The molecule has 7 heteroatoms. The molecule has 0 amide bonds. The summed E-state index contributed by atoms with van der Waals surface area (Å²) in [5.41, 5.74) is 2.56. The first-order chi connectivity index (χ1) is 10.1. The number of hydrogen-bond donors (Lipinski definition) is 3. The molecule has 2 atom stereocenters. The van der Waals surface area contributed by atoms with Crippen molar-refractivity contribution in [1.29, 1.82) is 0 Å². The van der Waals surface area contributed by atoms with Gasteiger partial charge in [-0.05, 0) is 38.9 Å². The zero-order valence-electron chi connectivity index (χ0n) is 12.7. The highest BCUT2D eigenvalue weighted by atomic mass is 32.1. The molecule has 1 aliphatic rings. The van der Waals surface area contributed by atoms with Crippen LogP contribution in [-0.2, 0) is 0 Å². The quantitative estimate of drug-likeness (QED) is 0.595. The Bertz CT molecular complexity index is 640. The fraction of sp³-hybridized carbons (Fsp3) is 0.571. The van der Waals surface area contributed by atoms with Crippen LogP contribution in [0.2, 0.25) is 0 Å². The molecule has 0 bridgehead atoms. The van der Waals surface area contributed by atoms with Gasteiger partial charge in [0.1, 0.15) is 10.6 Å². The van der Waals surface area contributed by atoms with E-state index in [1.807, 2.05) is 0 Å². The molecule has 2 unspecified atom stereocenters. The third-order valence-electron chi connectivity index (χ3n) is 4.08. The molecule has 1 fully saturated rings. The van der Waals surface area contributed by atoms with E-state index < -0.39 is 0 Å². The molecule has 0 aliphatic carbocycles. The van der Waals surface area contributed by atoms with E-state index >= 15 is 0 Å². The maximum atomic E-state index is 5.49. The van der Waals surface area contributed by atoms with Crippen molar-refractivity contribution in [3.8, 4) is 0 Å². The highest BCUT2D eigenvalue weighted by Crippen LogP contribution is 2.31. The lowest BCUT2D eigenvalue weighted by Crippen LogP contribution is -2.43. The summed E-state index contributed by atoms with van der Waals surface area (Å²) in [4.78, 5) is 13.5. The van der Waals surface area contributed by atoms with Crippen LogP contribution >= 0.6 is 11.3 Å². The number of fused-ring (bicyclic) bond motifs is 1. The van der Waals surface area contributed by atoms with Crippen LogP contribution in [0.1, 0.15) is 18.2 Å². The minimum Gasteiger partial charge on any atom is -0.366 e. The Morgan fingerprint density at radius 2 is 2.24 bits per heavy atom. The van der Waals surface area contributed by atoms with Crippen molar-refractivity contribution >= 4 is 33.3 Å². The minimum atomic E-state index is 0.435. The Balaban J connectivity index is 1.92. The van der Waals surface area contributed by atoms with Crippen molar-refractivity contribution in [2.75, 3.05) is 30.9 Å². The number of nitrogens with two attached hydrogens (primary N) is 1. The molecular weight excluding hydrogens is 284 g/mol. The first-order valence-corrected chi connectivity index (χ1v) is 8.08. The molecule has 1 aliphatic heterocycles. The van der Waals surface area contributed by atoms with Crippen LogP contribution in [-0.4, -0.2) is 41.0 Å². The summed E-state index contributed by atoms with van der Waals surface area (Å²) in [5.74, 6) is 7.43. The average Bonchev–Trinajstić information content (AvgIpc) is 2.82. The van der Waals surface area contributed by atoms with E-state index in [0.717, 1.165) is 35.5 Å². The van der Waals surface area contributed by atoms with Crippen LogP contribution in [0, 0.1) is 12.8 Å². The number of nitrogen functional groups attached to an aromatic ring is 1. The van der Waals surface area contributed by atoms with Gasteiger partial charge in [-0.25, -0.2) is 10.8 Å². The Labute approximate surface area is 128 Å². The maximum Gasteiger partial charge on any atom is 0.240 e. The van der Waals surface area contributed by atoms with Gasteiger partial charge >= 0.3 is 0 Å². The molecule has 6 nitrogen and oxygen atoms in total. The van der Waals surface area contributed by atoms with Crippen LogP contribution in [0.15, 0.2) is 6.07 Å². The second-order valence-corrected chi connectivity index (χ2v) is 7.13. The van der Waals surface area contributed by atoms with E-state index in [9.17, 15) is 0 Å². The van der Waals surface area contributed by atoms with Crippen molar-refractivity contribution in [3.63, 3.8) is 0 Å². The first kappa shape index (κ1) is 14.5. The van der Waals surface area contributed by atoms with Gasteiger partial charge in [0, 0.05) is 17.5 Å². The third kappa shape index (κ3) is 2.95. The van der Waals surface area contributed by atoms with Gasteiger partial charge in [-0.15, -0.1) is 11.3 Å². The third-order valence-corrected chi connectivity index (χ3v) is 5.02. The van der Waals surface area contributed by atoms with E-state index in [1.54, 1.807) is 11.3 Å². The second-order valence-electron chi connectivity index (χ2n) is 5.90. The van der Waals surface area contributed by atoms with Crippen molar-refractivity contribution in [3.05, 3.63) is 10.9 Å². The van der Waals surface area contributed by atoms with Gasteiger partial charge in [-0.3, -0.25) is 5.43 Å². The summed E-state index contributed by atoms with van der Waals surface area (Å²) in [7, 11) is 2.17. The minimum absolute atomic E-state index is 0.435. The standard InChI is InChI=1S/C14H22N6S/c1-8-7-20(3)5-4-11(8)16-12-10-6-9(2)21-13(10)18-14(17-12)19-15/h6,8,11H,4-5,7,15H2,1-3H3,(H2,16,17,18,19). The summed E-state index contributed by atoms with van der Waals surface area (Å²) in [5, 5.41) is 4.70. The van der Waals surface area contributed by atoms with Crippen molar-refractivity contribution < 1.29 is 0 Å². The van der Waals surface area contributed by atoms with Crippen LogP contribution in [0.3, 0.4) is 0 Å². The largest absolute Gasteiger partial charge is 0.366 e. The lowest BCUT2D eigenvalue weighted by Gasteiger charge is -2.35. The van der Waals surface area contributed by atoms with Gasteiger partial charge in [0.15, 0.2) is 0 Å². The Kier molecular flexibility index (Phi) is 3.97. The fourth-order valence-electron chi connectivity index (χ4n) is 2.96. The molecule has 2 aromatic heterocycles. The summed E-state index contributed by atoms with van der Waals surface area (Å²) >= 11 is 1.66. The zero-order valence-corrected chi connectivity index (χ0v) is 13.5. The number of nitrogens with one attached hydrogen (secondary N) is 2. The van der Waals surface area contributed by atoms with Crippen LogP contribution < -0.4 is 16.6 Å². The smallest absolute Gasteiger partial charge is 0.240 e. The van der Waals surface area contributed by atoms with Crippen molar-refractivity contribution in [2.45, 2.75) is 26.3 Å². The fourth-order valence-corrected chi connectivity index (χ4v) is 3.84. The summed E-state index contributed by atoms with van der Waals surface area (Å²) < 4.78 is 0. The van der Waals surface area contributed by atoms with Gasteiger partial charge < -0.3 is 10.2 Å². The molecule has 3 rings (SSSR count). The molecule has 0 aromatic carbocycles. The van der Waals surface area contributed by atoms with Crippen LogP contribution in [0.25, 0.3) is 10.2 Å². The van der Waals surface area contributed by atoms with E-state index in [-0.39, 0.29) is 0 Å². The van der Waals surface area contributed by atoms with E-state index in [0.29, 0.717) is 17.9 Å². The summed E-state index contributed by atoms with van der Waals surface area (Å²) in [6.45, 7) is 6.59. The predicted octanol–water partition coefficient (Wildman–Crippen LogP) is 2.04. The number of hydrazine groups is 1. The Hall–Kier alpha value is -1.44. The monoisotopic (exact) mass is 306 g/mol. The summed E-state index contributed by atoms with van der Waals surface area (Å²) in [6.07, 6.45) is 1.12. The van der Waals surface area contributed by atoms with Gasteiger partial charge in [0.05, 0.1) is 5.39 Å². The number of likely N-dealkylation sites (tertiary alicyclic amines) is 1. The van der Waals surface area contributed by atoms with Gasteiger partial charge in [-0.1, -0.05) is 6.92 Å². The number of aromatic nitrogens is 2. The lowest BCUT2D eigenvalue weighted by molar-refractivity contribution is 0.206. The van der Waals surface area contributed by atoms with Crippen LogP contribution in [0.4, 0.5) is 11.8 Å². The van der Waals surface area contributed by atoms with E-state index in [2.05, 4.69) is 52.6 Å². The van der Waals surface area contributed by atoms with Gasteiger partial charge in [-0.2, -0.15) is 4.98 Å². The Morgan fingerprint density at radius 3 is 2.95 bits per heavy atom. The molecule has 0 radical (unpaired) electrons. The average molecular weight is 306 g/mol. The first-order valence-electron chi connectivity index (χ1n) is 7.26. The number of anilines is 2. The highest BCUT2D eigenvalue weighted by Gasteiger charge is 2.25. The van der Waals surface area contributed by atoms with Gasteiger partial charge in [0.25, 0.3) is 0 Å². The number of thiophene rings is 1. The second kappa shape index (κ2) is 5.75. The molecular formula is C14H22N6S. The number of hydrogen-bond acceptors (Lipinski definition) is 7. The lowest BCUT2D eigenvalue weighted by atomic mass is 9.94. The van der Waals surface area contributed by atoms with E-state index in [4.69, 9.17) is 5.84 Å². The maximum absolute atomic E-state index is 5.49. The van der Waals surface area contributed by atoms with Crippen molar-refractivity contribution in [2.24, 2.45) is 11.8 Å². The predicted molar refractivity (Wildman–Crippen MR) is 88.7 cm³/mol.